The molecule has 2 heteroatoms. The molecule has 0 unspecified atom stereocenters. The van der Waals surface area contributed by atoms with Crippen LogP contribution in [-0.2, 0) is 0 Å². The highest BCUT2D eigenvalue weighted by molar-refractivity contribution is 5.66. The van der Waals surface area contributed by atoms with E-state index in [1.54, 1.807) is 12.2 Å². The van der Waals surface area contributed by atoms with Gasteiger partial charge in [-0.2, -0.15) is 0 Å². The zero-order valence-electron chi connectivity index (χ0n) is 9.85. The third kappa shape index (κ3) is 2.16. The standard InChI is InChI=1S/C15H14N2/c1-4-13-14(5-2)17-15(11(3)16-13)12-9-7-6-8-10-12/h4-10H,1-2H2,3H3. The van der Waals surface area contributed by atoms with Crippen molar-refractivity contribution in [3.05, 3.63) is 60.6 Å². The van der Waals surface area contributed by atoms with Crippen LogP contribution in [-0.4, -0.2) is 9.97 Å². The minimum Gasteiger partial charge on any atom is -0.249 e. The summed E-state index contributed by atoms with van der Waals surface area (Å²) in [7, 11) is 0. The number of rotatable bonds is 3. The van der Waals surface area contributed by atoms with E-state index < -0.39 is 0 Å². The van der Waals surface area contributed by atoms with Gasteiger partial charge < -0.3 is 0 Å². The quantitative estimate of drug-likeness (QED) is 0.790. The van der Waals surface area contributed by atoms with Crippen LogP contribution in [0.25, 0.3) is 23.4 Å². The van der Waals surface area contributed by atoms with Crippen molar-refractivity contribution in [3.63, 3.8) is 0 Å². The van der Waals surface area contributed by atoms with E-state index in [4.69, 9.17) is 0 Å². The molecule has 0 saturated heterocycles. The van der Waals surface area contributed by atoms with Crippen LogP contribution in [0.15, 0.2) is 43.5 Å². The second-order valence-corrected chi connectivity index (χ2v) is 3.70. The molecule has 2 rings (SSSR count). The van der Waals surface area contributed by atoms with Crippen molar-refractivity contribution in [1.29, 1.82) is 0 Å². The summed E-state index contributed by atoms with van der Waals surface area (Å²) in [6.07, 6.45) is 3.40. The smallest absolute Gasteiger partial charge is 0.0922 e. The number of nitrogens with zero attached hydrogens (tertiary/aromatic N) is 2. The Morgan fingerprint density at radius 1 is 0.941 bits per heavy atom. The van der Waals surface area contributed by atoms with Crippen molar-refractivity contribution in [2.24, 2.45) is 0 Å². The normalized spacial score (nSPS) is 9.94. The van der Waals surface area contributed by atoms with Gasteiger partial charge in [0.2, 0.25) is 0 Å². The lowest BCUT2D eigenvalue weighted by atomic mass is 10.1. The highest BCUT2D eigenvalue weighted by Crippen LogP contribution is 2.21. The molecule has 0 radical (unpaired) electrons. The first-order valence-electron chi connectivity index (χ1n) is 5.45. The van der Waals surface area contributed by atoms with E-state index in [1.165, 1.54) is 0 Å². The molecule has 0 atom stereocenters. The van der Waals surface area contributed by atoms with Gasteiger partial charge in [0, 0.05) is 5.56 Å². The largest absolute Gasteiger partial charge is 0.249 e. The van der Waals surface area contributed by atoms with E-state index in [-0.39, 0.29) is 0 Å². The van der Waals surface area contributed by atoms with Gasteiger partial charge in [0.15, 0.2) is 0 Å². The Balaban J connectivity index is 2.63. The summed E-state index contributed by atoms with van der Waals surface area (Å²) in [5.74, 6) is 0. The molecule has 0 fully saturated rings. The molecule has 0 amide bonds. The zero-order valence-corrected chi connectivity index (χ0v) is 9.85. The molecule has 0 N–H and O–H groups in total. The molecule has 0 aliphatic carbocycles. The average molecular weight is 222 g/mol. The summed E-state index contributed by atoms with van der Waals surface area (Å²) < 4.78 is 0. The third-order valence-electron chi connectivity index (χ3n) is 2.56. The van der Waals surface area contributed by atoms with Gasteiger partial charge in [0.05, 0.1) is 22.8 Å². The highest BCUT2D eigenvalue weighted by atomic mass is 14.8. The summed E-state index contributed by atoms with van der Waals surface area (Å²) in [6.45, 7) is 9.44. The van der Waals surface area contributed by atoms with E-state index in [0.29, 0.717) is 0 Å². The van der Waals surface area contributed by atoms with Gasteiger partial charge in [-0.25, -0.2) is 9.97 Å². The van der Waals surface area contributed by atoms with Crippen molar-refractivity contribution >= 4 is 12.2 Å². The first-order chi connectivity index (χ1) is 8.26. The van der Waals surface area contributed by atoms with Crippen LogP contribution in [0.3, 0.4) is 0 Å². The summed E-state index contributed by atoms with van der Waals surface area (Å²) in [5, 5.41) is 0. The Morgan fingerprint density at radius 2 is 1.53 bits per heavy atom. The maximum absolute atomic E-state index is 4.58. The molecule has 0 bridgehead atoms. The molecule has 1 aromatic heterocycles. The van der Waals surface area contributed by atoms with E-state index in [9.17, 15) is 0 Å². The Hall–Kier alpha value is -2.22. The Labute approximate surface area is 101 Å². The average Bonchev–Trinajstić information content (AvgIpc) is 2.39. The van der Waals surface area contributed by atoms with Crippen molar-refractivity contribution < 1.29 is 0 Å². The van der Waals surface area contributed by atoms with Gasteiger partial charge in [-0.05, 0) is 19.1 Å². The van der Waals surface area contributed by atoms with E-state index in [1.807, 2.05) is 37.3 Å². The molecule has 1 aromatic carbocycles. The van der Waals surface area contributed by atoms with Gasteiger partial charge in [0.25, 0.3) is 0 Å². The minimum atomic E-state index is 0.768. The van der Waals surface area contributed by atoms with Crippen molar-refractivity contribution in [2.75, 3.05) is 0 Å². The van der Waals surface area contributed by atoms with Crippen LogP contribution in [0.4, 0.5) is 0 Å². The molecule has 0 aliphatic rings. The lowest BCUT2D eigenvalue weighted by molar-refractivity contribution is 1.09. The van der Waals surface area contributed by atoms with Crippen LogP contribution in [0, 0.1) is 6.92 Å². The molecule has 0 aliphatic heterocycles. The van der Waals surface area contributed by atoms with Crippen molar-refractivity contribution in [1.82, 2.24) is 9.97 Å². The molecule has 0 saturated carbocycles. The lowest BCUT2D eigenvalue weighted by Gasteiger charge is -2.08. The van der Waals surface area contributed by atoms with Gasteiger partial charge in [-0.3, -0.25) is 0 Å². The maximum atomic E-state index is 4.58. The van der Waals surface area contributed by atoms with Crippen LogP contribution in [0.2, 0.25) is 0 Å². The molecule has 0 spiro atoms. The molecule has 2 nitrogen and oxygen atoms in total. The zero-order chi connectivity index (χ0) is 12.3. The second-order valence-electron chi connectivity index (χ2n) is 3.70. The number of aryl methyl sites for hydroxylation is 1. The molecule has 17 heavy (non-hydrogen) atoms. The molecule has 2 aromatic rings. The fraction of sp³-hybridized carbons (Fsp3) is 0.0667. The van der Waals surface area contributed by atoms with Gasteiger partial charge in [-0.15, -0.1) is 0 Å². The van der Waals surface area contributed by atoms with Crippen LogP contribution >= 0.6 is 0 Å². The highest BCUT2D eigenvalue weighted by Gasteiger charge is 2.08. The monoisotopic (exact) mass is 222 g/mol. The Morgan fingerprint density at radius 3 is 2.12 bits per heavy atom. The van der Waals surface area contributed by atoms with Crippen LogP contribution in [0.5, 0.6) is 0 Å². The summed E-state index contributed by atoms with van der Waals surface area (Å²) in [5.41, 5.74) is 4.40. The predicted molar refractivity (Wildman–Crippen MR) is 72.4 cm³/mol. The first-order valence-corrected chi connectivity index (χ1v) is 5.45. The Bertz CT molecular complexity index is 557. The van der Waals surface area contributed by atoms with Crippen molar-refractivity contribution in [2.45, 2.75) is 6.92 Å². The number of aromatic nitrogens is 2. The van der Waals surface area contributed by atoms with Gasteiger partial charge >= 0.3 is 0 Å². The second kappa shape index (κ2) is 4.74. The lowest BCUT2D eigenvalue weighted by Crippen LogP contribution is -1.99. The number of hydrogen-bond acceptors (Lipinski definition) is 2. The fourth-order valence-corrected chi connectivity index (χ4v) is 1.72. The maximum Gasteiger partial charge on any atom is 0.0922 e. The molecular formula is C15H14N2. The van der Waals surface area contributed by atoms with Gasteiger partial charge in [-0.1, -0.05) is 43.5 Å². The predicted octanol–water partition coefficient (Wildman–Crippen LogP) is 3.74. The summed E-state index contributed by atoms with van der Waals surface area (Å²) >= 11 is 0. The van der Waals surface area contributed by atoms with Crippen LogP contribution in [0.1, 0.15) is 17.1 Å². The van der Waals surface area contributed by atoms with E-state index in [0.717, 1.165) is 28.3 Å². The van der Waals surface area contributed by atoms with Crippen molar-refractivity contribution in [3.8, 4) is 11.3 Å². The third-order valence-corrected chi connectivity index (χ3v) is 2.56. The molecule has 1 heterocycles. The fourth-order valence-electron chi connectivity index (χ4n) is 1.72. The molecular weight excluding hydrogens is 208 g/mol. The minimum absolute atomic E-state index is 0.768. The van der Waals surface area contributed by atoms with Crippen LogP contribution < -0.4 is 0 Å². The Kier molecular flexibility index (Phi) is 3.15. The topological polar surface area (TPSA) is 25.8 Å². The summed E-state index contributed by atoms with van der Waals surface area (Å²) in [4.78, 5) is 9.07. The van der Waals surface area contributed by atoms with E-state index >= 15 is 0 Å². The first kappa shape index (κ1) is 11.3. The number of hydrogen-bond donors (Lipinski definition) is 0. The van der Waals surface area contributed by atoms with E-state index in [2.05, 4.69) is 23.1 Å². The van der Waals surface area contributed by atoms with Gasteiger partial charge in [0.1, 0.15) is 0 Å². The SMILES string of the molecule is C=Cc1nc(C)c(-c2ccccc2)nc1C=C. The number of benzene rings is 1. The molecule has 84 valence electrons. The summed E-state index contributed by atoms with van der Waals surface area (Å²) in [6, 6.07) is 10.0.